The van der Waals surface area contributed by atoms with Crippen LogP contribution in [0.5, 0.6) is 0 Å². The Balaban J connectivity index is 4.13. The van der Waals surface area contributed by atoms with Gasteiger partial charge in [-0.2, -0.15) is 0 Å². The number of carbonyl (C=O) groups is 1. The van der Waals surface area contributed by atoms with Crippen LogP contribution in [0.4, 0.5) is 0 Å². The van der Waals surface area contributed by atoms with Crippen molar-refractivity contribution in [1.29, 1.82) is 0 Å². The van der Waals surface area contributed by atoms with E-state index in [4.69, 9.17) is 10.8 Å². The monoisotopic (exact) mass is 170 g/mol. The molecule has 0 heterocycles. The number of hydrogen-bond donors (Lipinski definition) is 2. The van der Waals surface area contributed by atoms with E-state index in [0.717, 1.165) is 0 Å². The first-order valence-corrected chi connectivity index (χ1v) is 3.74. The van der Waals surface area contributed by atoms with Gasteiger partial charge in [-0.25, -0.2) is 0 Å². The van der Waals surface area contributed by atoms with Gasteiger partial charge in [0, 0.05) is 18.3 Å². The maximum Gasteiger partial charge on any atom is 0.320 e. The van der Waals surface area contributed by atoms with Crippen molar-refractivity contribution in [3.05, 3.63) is 11.8 Å². The number of carboxylic acids is 1. The van der Waals surface area contributed by atoms with Crippen molar-refractivity contribution in [1.82, 2.24) is 0 Å². The van der Waals surface area contributed by atoms with E-state index in [1.807, 2.05) is 0 Å². The van der Waals surface area contributed by atoms with Crippen LogP contribution in [0.3, 0.4) is 0 Å². The molecule has 0 aliphatic rings. The zero-order chi connectivity index (χ0) is 9.56. The predicted molar refractivity (Wildman–Crippen MR) is 48.2 cm³/mol. The van der Waals surface area contributed by atoms with Crippen LogP contribution in [0, 0.1) is 0 Å². The number of rotatable bonds is 4. The third kappa shape index (κ3) is 3.88. The summed E-state index contributed by atoms with van der Waals surface area (Å²) in [7, 11) is 0. The van der Waals surface area contributed by atoms with Crippen LogP contribution >= 0.6 is 0 Å². The molecule has 0 bridgehead atoms. The van der Waals surface area contributed by atoms with Crippen LogP contribution in [-0.4, -0.2) is 23.3 Å². The highest BCUT2D eigenvalue weighted by Crippen LogP contribution is 2.04. The minimum Gasteiger partial charge on any atom is -0.480 e. The summed E-state index contributed by atoms with van der Waals surface area (Å²) in [6.45, 7) is 3.58. The summed E-state index contributed by atoms with van der Waals surface area (Å²) in [4.78, 5) is 14.3. The van der Waals surface area contributed by atoms with Crippen LogP contribution < -0.4 is 5.73 Å². The highest BCUT2D eigenvalue weighted by molar-refractivity contribution is 5.73. The van der Waals surface area contributed by atoms with Gasteiger partial charge in [-0.05, 0) is 13.8 Å². The van der Waals surface area contributed by atoms with Crippen LogP contribution in [0.2, 0.25) is 0 Å². The van der Waals surface area contributed by atoms with Crippen molar-refractivity contribution >= 4 is 12.2 Å². The molecule has 0 aliphatic carbocycles. The fourth-order valence-corrected chi connectivity index (χ4v) is 0.724. The average molecular weight is 170 g/mol. The SMILES string of the molecule is C/C=N\C(=C/C)CC(N)C(=O)O. The summed E-state index contributed by atoms with van der Waals surface area (Å²) in [6.07, 6.45) is 3.64. The molecule has 0 saturated carbocycles. The van der Waals surface area contributed by atoms with E-state index in [1.54, 1.807) is 26.1 Å². The van der Waals surface area contributed by atoms with Gasteiger partial charge >= 0.3 is 5.97 Å². The number of allylic oxidation sites excluding steroid dienone is 1. The molecule has 0 aromatic rings. The summed E-state index contributed by atoms with van der Waals surface area (Å²) in [5.74, 6) is -0.999. The molecule has 0 rings (SSSR count). The Labute approximate surface area is 71.8 Å². The maximum absolute atomic E-state index is 10.4. The number of aliphatic imine (C=N–C) groups is 1. The molecule has 1 unspecified atom stereocenters. The zero-order valence-corrected chi connectivity index (χ0v) is 7.32. The number of hydrogen-bond acceptors (Lipinski definition) is 3. The first-order chi connectivity index (χ1) is 5.61. The number of carboxylic acid groups (broad SMARTS) is 1. The highest BCUT2D eigenvalue weighted by atomic mass is 16.4. The lowest BCUT2D eigenvalue weighted by Gasteiger charge is -2.05. The fraction of sp³-hybridized carbons (Fsp3) is 0.500. The molecule has 1 atom stereocenters. The second kappa shape index (κ2) is 5.49. The summed E-state index contributed by atoms with van der Waals surface area (Å²) < 4.78 is 0. The van der Waals surface area contributed by atoms with Crippen molar-refractivity contribution in [3.63, 3.8) is 0 Å². The van der Waals surface area contributed by atoms with Gasteiger partial charge < -0.3 is 10.8 Å². The van der Waals surface area contributed by atoms with E-state index in [-0.39, 0.29) is 6.42 Å². The number of nitrogens with zero attached hydrogens (tertiary/aromatic N) is 1. The lowest BCUT2D eigenvalue weighted by Crippen LogP contribution is -2.30. The predicted octanol–water partition coefficient (Wildman–Crippen LogP) is 0.783. The van der Waals surface area contributed by atoms with E-state index in [0.29, 0.717) is 5.70 Å². The number of aliphatic carboxylic acids is 1. The second-order valence-corrected chi connectivity index (χ2v) is 2.32. The van der Waals surface area contributed by atoms with E-state index in [1.165, 1.54) is 0 Å². The first kappa shape index (κ1) is 10.8. The Bertz CT molecular complexity index is 209. The maximum atomic E-state index is 10.4. The van der Waals surface area contributed by atoms with Crippen molar-refractivity contribution in [3.8, 4) is 0 Å². The third-order valence-electron chi connectivity index (χ3n) is 1.37. The summed E-state index contributed by atoms with van der Waals surface area (Å²) in [5, 5.41) is 8.49. The van der Waals surface area contributed by atoms with Gasteiger partial charge in [-0.15, -0.1) is 0 Å². The molecule has 3 N–H and O–H groups in total. The third-order valence-corrected chi connectivity index (χ3v) is 1.37. The van der Waals surface area contributed by atoms with Gasteiger partial charge in [-0.3, -0.25) is 9.79 Å². The fourth-order valence-electron chi connectivity index (χ4n) is 0.724. The molecule has 4 nitrogen and oxygen atoms in total. The second-order valence-electron chi connectivity index (χ2n) is 2.32. The lowest BCUT2D eigenvalue weighted by atomic mass is 10.2. The van der Waals surface area contributed by atoms with E-state index in [9.17, 15) is 4.79 Å². The van der Waals surface area contributed by atoms with Crippen molar-refractivity contribution in [2.24, 2.45) is 10.7 Å². The van der Waals surface area contributed by atoms with Gasteiger partial charge in [0.2, 0.25) is 0 Å². The van der Waals surface area contributed by atoms with Gasteiger partial charge in [0.1, 0.15) is 6.04 Å². The summed E-state index contributed by atoms with van der Waals surface area (Å²) in [5.41, 5.74) is 6.01. The van der Waals surface area contributed by atoms with Crippen LogP contribution in [0.25, 0.3) is 0 Å². The molecule has 0 aromatic carbocycles. The Morgan fingerprint density at radius 2 is 2.25 bits per heavy atom. The van der Waals surface area contributed by atoms with Crippen molar-refractivity contribution in [2.45, 2.75) is 26.3 Å². The lowest BCUT2D eigenvalue weighted by molar-refractivity contribution is -0.138. The van der Waals surface area contributed by atoms with Crippen molar-refractivity contribution < 1.29 is 9.90 Å². The minimum atomic E-state index is -0.999. The quantitative estimate of drug-likeness (QED) is 0.612. The molecule has 0 aromatic heterocycles. The average Bonchev–Trinajstić information content (AvgIpc) is 2.03. The largest absolute Gasteiger partial charge is 0.480 e. The highest BCUT2D eigenvalue weighted by Gasteiger charge is 2.12. The molecule has 12 heavy (non-hydrogen) atoms. The normalized spacial score (nSPS) is 15.1. The topological polar surface area (TPSA) is 75.7 Å². The van der Waals surface area contributed by atoms with E-state index < -0.39 is 12.0 Å². The van der Waals surface area contributed by atoms with Gasteiger partial charge in [0.15, 0.2) is 0 Å². The van der Waals surface area contributed by atoms with Crippen LogP contribution in [0.1, 0.15) is 20.3 Å². The van der Waals surface area contributed by atoms with Gasteiger partial charge in [0.25, 0.3) is 0 Å². The molecule has 0 saturated heterocycles. The molecule has 0 aliphatic heterocycles. The Morgan fingerprint density at radius 1 is 1.67 bits per heavy atom. The molecule has 4 heteroatoms. The molecule has 0 amide bonds. The molecular formula is C8H14N2O2. The van der Waals surface area contributed by atoms with Gasteiger partial charge in [0.05, 0.1) is 0 Å². The van der Waals surface area contributed by atoms with Crippen LogP contribution in [-0.2, 0) is 4.79 Å². The van der Waals surface area contributed by atoms with E-state index >= 15 is 0 Å². The molecule has 68 valence electrons. The Hall–Kier alpha value is -1.16. The smallest absolute Gasteiger partial charge is 0.320 e. The minimum absolute atomic E-state index is 0.274. The van der Waals surface area contributed by atoms with Crippen molar-refractivity contribution in [2.75, 3.05) is 0 Å². The Morgan fingerprint density at radius 3 is 2.58 bits per heavy atom. The zero-order valence-electron chi connectivity index (χ0n) is 7.32. The molecule has 0 fully saturated rings. The molecule has 0 radical (unpaired) electrons. The summed E-state index contributed by atoms with van der Waals surface area (Å²) in [6, 6.07) is -0.861. The first-order valence-electron chi connectivity index (χ1n) is 3.74. The Kier molecular flexibility index (Phi) is 4.96. The summed E-state index contributed by atoms with van der Waals surface area (Å²) >= 11 is 0. The van der Waals surface area contributed by atoms with E-state index in [2.05, 4.69) is 4.99 Å². The standard InChI is InChI=1S/C8H14N2O2/c1-3-6(10-4-2)5-7(9)8(11)12/h3-4,7H,5,9H2,1-2H3,(H,11,12)/b6-3-,10-4-. The van der Waals surface area contributed by atoms with Gasteiger partial charge in [-0.1, -0.05) is 6.08 Å². The molecular weight excluding hydrogens is 156 g/mol. The van der Waals surface area contributed by atoms with Crippen LogP contribution in [0.15, 0.2) is 16.8 Å². The molecule has 0 spiro atoms. The number of nitrogens with two attached hydrogens (primary N) is 1.